The summed E-state index contributed by atoms with van der Waals surface area (Å²) in [5, 5.41) is 23.5. The molecule has 2 heterocycles. The summed E-state index contributed by atoms with van der Waals surface area (Å²) in [5.41, 5.74) is 1.61. The molecule has 3 rings (SSSR count). The molecule has 23 heavy (non-hydrogen) atoms. The van der Waals surface area contributed by atoms with E-state index in [4.69, 9.17) is 5.11 Å². The van der Waals surface area contributed by atoms with Crippen LogP contribution < -0.4 is 5.32 Å². The second-order valence-electron chi connectivity index (χ2n) is 4.88. The van der Waals surface area contributed by atoms with E-state index < -0.39 is 11.8 Å². The number of aromatic nitrogens is 4. The molecule has 0 saturated heterocycles. The van der Waals surface area contributed by atoms with E-state index in [-0.39, 0.29) is 18.8 Å². The molecule has 0 unspecified atom stereocenters. The van der Waals surface area contributed by atoms with Gasteiger partial charge in [0.15, 0.2) is 0 Å². The Hall–Kier alpha value is -3.07. The number of benzene rings is 1. The van der Waals surface area contributed by atoms with Crippen molar-refractivity contribution in [1.29, 1.82) is 0 Å². The largest absolute Gasteiger partial charge is 0.395 e. The van der Waals surface area contributed by atoms with Crippen molar-refractivity contribution < 1.29 is 14.7 Å². The molecule has 118 valence electrons. The van der Waals surface area contributed by atoms with Crippen LogP contribution in [0.5, 0.6) is 0 Å². The van der Waals surface area contributed by atoms with Crippen molar-refractivity contribution in [2.24, 2.45) is 7.05 Å². The van der Waals surface area contributed by atoms with Crippen LogP contribution in [-0.4, -0.2) is 55.2 Å². The lowest BCUT2D eigenvalue weighted by molar-refractivity contribution is -0.137. The maximum Gasteiger partial charge on any atom is 0.277 e. The van der Waals surface area contributed by atoms with Gasteiger partial charge in [0, 0.05) is 17.3 Å². The van der Waals surface area contributed by atoms with Gasteiger partial charge in [0.1, 0.15) is 5.70 Å². The van der Waals surface area contributed by atoms with Crippen molar-refractivity contribution in [3.8, 4) is 11.4 Å². The third-order valence-corrected chi connectivity index (χ3v) is 3.26. The van der Waals surface area contributed by atoms with E-state index in [0.717, 1.165) is 10.5 Å². The maximum atomic E-state index is 12.0. The molecule has 0 fully saturated rings. The molecule has 0 aliphatic carbocycles. The summed E-state index contributed by atoms with van der Waals surface area (Å²) in [6.45, 7) is -0.283. The van der Waals surface area contributed by atoms with Crippen molar-refractivity contribution in [2.75, 3.05) is 18.5 Å². The molecule has 2 amide bonds. The van der Waals surface area contributed by atoms with Gasteiger partial charge in [-0.05, 0) is 29.5 Å². The van der Waals surface area contributed by atoms with Crippen LogP contribution in [0.2, 0.25) is 0 Å². The number of carbonyl (C=O) groups excluding carboxylic acids is 2. The number of rotatable bonds is 5. The minimum absolute atomic E-state index is 0.0172. The second-order valence-corrected chi connectivity index (χ2v) is 4.88. The highest BCUT2D eigenvalue weighted by atomic mass is 16.3. The second kappa shape index (κ2) is 5.97. The Bertz CT molecular complexity index is 780. The Balaban J connectivity index is 1.73. The number of imide groups is 1. The van der Waals surface area contributed by atoms with Crippen LogP contribution in [0, 0.1) is 0 Å². The van der Waals surface area contributed by atoms with E-state index in [1.165, 1.54) is 10.9 Å². The predicted molar refractivity (Wildman–Crippen MR) is 79.7 cm³/mol. The van der Waals surface area contributed by atoms with Gasteiger partial charge in [-0.1, -0.05) is 0 Å². The number of tetrazole rings is 1. The lowest BCUT2D eigenvalue weighted by Crippen LogP contribution is -2.34. The third kappa shape index (κ3) is 2.94. The molecule has 1 aromatic heterocycles. The van der Waals surface area contributed by atoms with Gasteiger partial charge in [-0.25, -0.2) is 0 Å². The quantitative estimate of drug-likeness (QED) is 0.717. The standard InChI is InChI=1S/C14H14N6O3/c1-19-17-13(16-18-19)9-2-4-10(5-3-9)15-11-8-12(22)20(6-7-21)14(11)23/h2-5,8,15,21H,6-7H2,1H3. The number of aryl methyl sites for hydroxylation is 1. The smallest absolute Gasteiger partial charge is 0.277 e. The SMILES string of the molecule is Cn1nnc(-c2ccc(NC3=CC(=O)N(CCO)C3=O)cc2)n1. The highest BCUT2D eigenvalue weighted by Gasteiger charge is 2.30. The van der Waals surface area contributed by atoms with Crippen molar-refractivity contribution in [3.05, 3.63) is 36.0 Å². The summed E-state index contributed by atoms with van der Waals surface area (Å²) in [4.78, 5) is 26.1. The van der Waals surface area contributed by atoms with Crippen LogP contribution >= 0.6 is 0 Å². The lowest BCUT2D eigenvalue weighted by Gasteiger charge is -2.13. The topological polar surface area (TPSA) is 113 Å². The normalized spacial score (nSPS) is 14.3. The number of hydrogen-bond donors (Lipinski definition) is 2. The number of aliphatic hydroxyl groups excluding tert-OH is 1. The van der Waals surface area contributed by atoms with Crippen LogP contribution in [0.3, 0.4) is 0 Å². The summed E-state index contributed by atoms with van der Waals surface area (Å²) in [5.74, 6) is -0.393. The van der Waals surface area contributed by atoms with Crippen molar-refractivity contribution in [1.82, 2.24) is 25.1 Å². The number of anilines is 1. The number of nitrogens with zero attached hydrogens (tertiary/aromatic N) is 5. The molecule has 0 radical (unpaired) electrons. The van der Waals surface area contributed by atoms with Crippen LogP contribution in [-0.2, 0) is 16.6 Å². The van der Waals surface area contributed by atoms with Gasteiger partial charge in [0.25, 0.3) is 11.8 Å². The highest BCUT2D eigenvalue weighted by Crippen LogP contribution is 2.20. The molecule has 2 N–H and O–H groups in total. The monoisotopic (exact) mass is 314 g/mol. The van der Waals surface area contributed by atoms with Gasteiger partial charge >= 0.3 is 0 Å². The molecule has 0 spiro atoms. The molecule has 1 aromatic carbocycles. The molecule has 0 atom stereocenters. The van der Waals surface area contributed by atoms with Gasteiger partial charge in [-0.2, -0.15) is 4.80 Å². The summed E-state index contributed by atoms with van der Waals surface area (Å²) in [6.07, 6.45) is 1.22. The zero-order valence-corrected chi connectivity index (χ0v) is 12.3. The summed E-state index contributed by atoms with van der Waals surface area (Å²) < 4.78 is 0. The van der Waals surface area contributed by atoms with Gasteiger partial charge in [0.2, 0.25) is 5.82 Å². The van der Waals surface area contributed by atoms with E-state index in [0.29, 0.717) is 11.5 Å². The fourth-order valence-corrected chi connectivity index (χ4v) is 2.17. The molecule has 1 aliphatic rings. The molecule has 1 aliphatic heterocycles. The molecule has 9 nitrogen and oxygen atoms in total. The Morgan fingerprint density at radius 1 is 1.22 bits per heavy atom. The number of nitrogens with one attached hydrogen (secondary N) is 1. The number of aliphatic hydroxyl groups is 1. The van der Waals surface area contributed by atoms with Gasteiger partial charge in [-0.15, -0.1) is 10.2 Å². The first-order chi connectivity index (χ1) is 11.1. The van der Waals surface area contributed by atoms with E-state index in [1.54, 1.807) is 31.3 Å². The fraction of sp³-hybridized carbons (Fsp3) is 0.214. The van der Waals surface area contributed by atoms with E-state index in [9.17, 15) is 9.59 Å². The zero-order valence-electron chi connectivity index (χ0n) is 12.3. The van der Waals surface area contributed by atoms with Crippen LogP contribution in [0.4, 0.5) is 5.69 Å². The Labute approximate surface area is 131 Å². The Morgan fingerprint density at radius 2 is 1.96 bits per heavy atom. The van der Waals surface area contributed by atoms with Gasteiger partial charge < -0.3 is 10.4 Å². The highest BCUT2D eigenvalue weighted by molar-refractivity contribution is 6.17. The molecule has 2 aromatic rings. The first-order valence-electron chi connectivity index (χ1n) is 6.88. The first-order valence-corrected chi connectivity index (χ1v) is 6.88. The predicted octanol–water partition coefficient (Wildman–Crippen LogP) is -0.466. The van der Waals surface area contributed by atoms with Gasteiger partial charge in [-0.3, -0.25) is 14.5 Å². The fourth-order valence-electron chi connectivity index (χ4n) is 2.17. The average molecular weight is 314 g/mol. The average Bonchev–Trinajstić information content (AvgIpc) is 3.08. The Kier molecular flexibility index (Phi) is 3.85. The van der Waals surface area contributed by atoms with Crippen molar-refractivity contribution >= 4 is 17.5 Å². The van der Waals surface area contributed by atoms with Gasteiger partial charge in [0.05, 0.1) is 20.2 Å². The van der Waals surface area contributed by atoms with Crippen molar-refractivity contribution in [2.45, 2.75) is 0 Å². The first kappa shape index (κ1) is 14.9. The van der Waals surface area contributed by atoms with E-state index in [2.05, 4.69) is 20.7 Å². The maximum absolute atomic E-state index is 12.0. The summed E-state index contributed by atoms with van der Waals surface area (Å²) in [6, 6.07) is 7.07. The summed E-state index contributed by atoms with van der Waals surface area (Å²) in [7, 11) is 1.68. The molecule has 0 bridgehead atoms. The minimum atomic E-state index is -0.455. The van der Waals surface area contributed by atoms with Crippen LogP contribution in [0.25, 0.3) is 11.4 Å². The molecular weight excluding hydrogens is 300 g/mol. The lowest BCUT2D eigenvalue weighted by atomic mass is 10.2. The molecule has 9 heteroatoms. The summed E-state index contributed by atoms with van der Waals surface area (Å²) >= 11 is 0. The molecule has 0 saturated carbocycles. The Morgan fingerprint density at radius 3 is 2.57 bits per heavy atom. The third-order valence-electron chi connectivity index (χ3n) is 3.26. The van der Waals surface area contributed by atoms with Crippen LogP contribution in [0.15, 0.2) is 36.0 Å². The van der Waals surface area contributed by atoms with Crippen LogP contribution in [0.1, 0.15) is 0 Å². The number of hydrogen-bond acceptors (Lipinski definition) is 7. The number of β-amino-alcohol motifs (C(OH)–C–C–N with tert-alkyl or cyclic N) is 1. The zero-order chi connectivity index (χ0) is 16.4. The molecular formula is C14H14N6O3. The minimum Gasteiger partial charge on any atom is -0.395 e. The number of carbonyl (C=O) groups is 2. The van der Waals surface area contributed by atoms with E-state index >= 15 is 0 Å². The number of amides is 2. The van der Waals surface area contributed by atoms with E-state index in [1.807, 2.05) is 0 Å². The van der Waals surface area contributed by atoms with Crippen molar-refractivity contribution in [3.63, 3.8) is 0 Å².